The molecule has 1 aromatic carbocycles. The Kier molecular flexibility index (Phi) is 3.91. The molecule has 0 saturated carbocycles. The molecule has 1 atom stereocenters. The van der Waals surface area contributed by atoms with Crippen molar-refractivity contribution in [3.05, 3.63) is 45.7 Å². The van der Waals surface area contributed by atoms with Crippen LogP contribution in [0.5, 0.6) is 5.75 Å². The highest BCUT2D eigenvalue weighted by atomic mass is 35.5. The number of fused-ring (bicyclic) bond motifs is 1. The minimum Gasteiger partial charge on any atom is -0.487 e. The number of aryl methyl sites for hydroxylation is 3. The molecule has 3 rings (SSSR count). The van der Waals surface area contributed by atoms with Gasteiger partial charge in [-0.2, -0.15) is 5.10 Å². The van der Waals surface area contributed by atoms with E-state index in [0.29, 0.717) is 11.6 Å². The van der Waals surface area contributed by atoms with Crippen LogP contribution >= 0.6 is 11.6 Å². The minimum absolute atomic E-state index is 0.125. The maximum absolute atomic E-state index is 6.24. The van der Waals surface area contributed by atoms with Gasteiger partial charge in [-0.1, -0.05) is 17.7 Å². The number of aromatic nitrogens is 2. The van der Waals surface area contributed by atoms with Crippen LogP contribution in [0.4, 0.5) is 0 Å². The third kappa shape index (κ3) is 2.78. The number of nitrogens with two attached hydrogens (primary N) is 1. The summed E-state index contributed by atoms with van der Waals surface area (Å²) in [4.78, 5) is 0. The molecule has 5 heteroatoms. The van der Waals surface area contributed by atoms with Gasteiger partial charge in [0.15, 0.2) is 0 Å². The van der Waals surface area contributed by atoms with Gasteiger partial charge in [-0.15, -0.1) is 0 Å². The van der Waals surface area contributed by atoms with Gasteiger partial charge in [0.1, 0.15) is 12.4 Å². The van der Waals surface area contributed by atoms with Gasteiger partial charge in [0, 0.05) is 13.1 Å². The van der Waals surface area contributed by atoms with E-state index in [1.807, 2.05) is 20.0 Å². The van der Waals surface area contributed by atoms with E-state index in [1.165, 1.54) is 11.1 Å². The second-order valence-electron chi connectivity index (χ2n) is 5.62. The fraction of sp³-hybridized carbons (Fsp3) is 0.438. The maximum atomic E-state index is 6.24. The molecular weight excluding hydrogens is 286 g/mol. The predicted octanol–water partition coefficient (Wildman–Crippen LogP) is 3.30. The first-order valence-corrected chi connectivity index (χ1v) is 7.63. The van der Waals surface area contributed by atoms with Crippen LogP contribution in [0, 0.1) is 6.92 Å². The zero-order valence-corrected chi connectivity index (χ0v) is 13.2. The molecule has 0 spiro atoms. The fourth-order valence-electron chi connectivity index (χ4n) is 2.89. The van der Waals surface area contributed by atoms with Crippen molar-refractivity contribution in [2.45, 2.75) is 38.8 Å². The van der Waals surface area contributed by atoms with E-state index in [9.17, 15) is 0 Å². The summed E-state index contributed by atoms with van der Waals surface area (Å²) in [5.74, 6) is 0.834. The van der Waals surface area contributed by atoms with Gasteiger partial charge < -0.3 is 10.5 Å². The fourth-order valence-corrected chi connectivity index (χ4v) is 3.11. The zero-order chi connectivity index (χ0) is 15.0. The van der Waals surface area contributed by atoms with Crippen molar-refractivity contribution in [1.82, 2.24) is 9.78 Å². The van der Waals surface area contributed by atoms with E-state index >= 15 is 0 Å². The van der Waals surface area contributed by atoms with Crippen molar-refractivity contribution in [2.75, 3.05) is 0 Å². The summed E-state index contributed by atoms with van der Waals surface area (Å²) in [5, 5.41) is 4.96. The SMILES string of the molecule is Cc1nn(C)c(COc2ccc3c(c2)C(N)CCC3)c1Cl. The molecule has 0 amide bonds. The van der Waals surface area contributed by atoms with Crippen LogP contribution in [0.2, 0.25) is 5.02 Å². The van der Waals surface area contributed by atoms with Gasteiger partial charge in [0.05, 0.1) is 16.4 Å². The summed E-state index contributed by atoms with van der Waals surface area (Å²) in [5.41, 5.74) is 10.4. The van der Waals surface area contributed by atoms with Gasteiger partial charge in [0.2, 0.25) is 0 Å². The van der Waals surface area contributed by atoms with Crippen molar-refractivity contribution in [3.63, 3.8) is 0 Å². The average Bonchev–Trinajstić information content (AvgIpc) is 2.71. The number of halogens is 1. The Morgan fingerprint density at radius 2 is 2.29 bits per heavy atom. The van der Waals surface area contributed by atoms with Crippen LogP contribution in [0.3, 0.4) is 0 Å². The number of benzene rings is 1. The maximum Gasteiger partial charge on any atom is 0.131 e. The van der Waals surface area contributed by atoms with E-state index in [1.54, 1.807) is 4.68 Å². The molecule has 1 unspecified atom stereocenters. The number of nitrogens with zero attached hydrogens (tertiary/aromatic N) is 2. The molecular formula is C16H20ClN3O. The average molecular weight is 306 g/mol. The molecule has 112 valence electrons. The first-order chi connectivity index (χ1) is 10.1. The Morgan fingerprint density at radius 3 is 3.00 bits per heavy atom. The van der Waals surface area contributed by atoms with Crippen LogP contribution in [-0.4, -0.2) is 9.78 Å². The van der Waals surface area contributed by atoms with Gasteiger partial charge in [-0.3, -0.25) is 4.68 Å². The Balaban J connectivity index is 1.78. The molecule has 0 fully saturated rings. The van der Waals surface area contributed by atoms with E-state index in [2.05, 4.69) is 17.2 Å². The summed E-state index contributed by atoms with van der Waals surface area (Å²) >= 11 is 6.24. The first kappa shape index (κ1) is 14.4. The smallest absolute Gasteiger partial charge is 0.131 e. The highest BCUT2D eigenvalue weighted by molar-refractivity contribution is 6.31. The van der Waals surface area contributed by atoms with Gasteiger partial charge >= 0.3 is 0 Å². The second-order valence-corrected chi connectivity index (χ2v) is 6.00. The summed E-state index contributed by atoms with van der Waals surface area (Å²) < 4.78 is 7.65. The Labute approximate surface area is 129 Å². The molecule has 4 nitrogen and oxygen atoms in total. The van der Waals surface area contributed by atoms with Crippen molar-refractivity contribution < 1.29 is 4.74 Å². The van der Waals surface area contributed by atoms with E-state index in [4.69, 9.17) is 22.1 Å². The summed E-state index contributed by atoms with van der Waals surface area (Å²) in [6.07, 6.45) is 3.32. The van der Waals surface area contributed by atoms with Crippen LogP contribution in [0.1, 0.15) is 41.4 Å². The van der Waals surface area contributed by atoms with Crippen molar-refractivity contribution in [2.24, 2.45) is 12.8 Å². The van der Waals surface area contributed by atoms with E-state index in [0.717, 1.165) is 36.4 Å². The quantitative estimate of drug-likeness (QED) is 0.946. The molecule has 2 aromatic rings. The number of rotatable bonds is 3. The van der Waals surface area contributed by atoms with Crippen LogP contribution in [0.15, 0.2) is 18.2 Å². The molecule has 21 heavy (non-hydrogen) atoms. The molecule has 0 aliphatic heterocycles. The number of hydrogen-bond acceptors (Lipinski definition) is 3. The second kappa shape index (κ2) is 5.70. The lowest BCUT2D eigenvalue weighted by atomic mass is 9.88. The molecule has 0 bridgehead atoms. The molecule has 1 aliphatic rings. The largest absolute Gasteiger partial charge is 0.487 e. The highest BCUT2D eigenvalue weighted by Gasteiger charge is 2.18. The van der Waals surface area contributed by atoms with Gasteiger partial charge in [-0.05, 0) is 49.4 Å². The van der Waals surface area contributed by atoms with Crippen molar-refractivity contribution in [1.29, 1.82) is 0 Å². The third-order valence-corrected chi connectivity index (χ3v) is 4.61. The lowest BCUT2D eigenvalue weighted by molar-refractivity contribution is 0.294. The lowest BCUT2D eigenvalue weighted by Crippen LogP contribution is -2.17. The van der Waals surface area contributed by atoms with Gasteiger partial charge in [0.25, 0.3) is 0 Å². The standard InChI is InChI=1S/C16H20ClN3O/c1-10-16(17)15(20(2)19-10)9-21-12-7-6-11-4-3-5-14(18)13(11)8-12/h6-8,14H,3-5,9,18H2,1-2H3. The topological polar surface area (TPSA) is 53.1 Å². The molecule has 0 radical (unpaired) electrons. The lowest BCUT2D eigenvalue weighted by Gasteiger charge is -2.22. The molecule has 1 aliphatic carbocycles. The Morgan fingerprint density at radius 1 is 1.48 bits per heavy atom. The van der Waals surface area contributed by atoms with Crippen LogP contribution in [-0.2, 0) is 20.1 Å². The van der Waals surface area contributed by atoms with Crippen LogP contribution in [0.25, 0.3) is 0 Å². The van der Waals surface area contributed by atoms with Crippen molar-refractivity contribution >= 4 is 11.6 Å². The zero-order valence-electron chi connectivity index (χ0n) is 12.4. The number of ether oxygens (including phenoxy) is 1. The molecule has 1 aromatic heterocycles. The van der Waals surface area contributed by atoms with Gasteiger partial charge in [-0.25, -0.2) is 0 Å². The van der Waals surface area contributed by atoms with E-state index in [-0.39, 0.29) is 6.04 Å². The summed E-state index contributed by atoms with van der Waals surface area (Å²) in [6.45, 7) is 2.30. The monoisotopic (exact) mass is 305 g/mol. The van der Waals surface area contributed by atoms with E-state index < -0.39 is 0 Å². The molecule has 2 N–H and O–H groups in total. The highest BCUT2D eigenvalue weighted by Crippen LogP contribution is 2.31. The summed E-state index contributed by atoms with van der Waals surface area (Å²) in [6, 6.07) is 6.32. The van der Waals surface area contributed by atoms with Crippen LogP contribution < -0.4 is 10.5 Å². The first-order valence-electron chi connectivity index (χ1n) is 7.25. The third-order valence-electron chi connectivity index (χ3n) is 4.12. The predicted molar refractivity (Wildman–Crippen MR) is 83.6 cm³/mol. The Hall–Kier alpha value is -1.52. The molecule has 0 saturated heterocycles. The normalized spacial score (nSPS) is 17.6. The minimum atomic E-state index is 0.125. The Bertz CT molecular complexity index is 666. The van der Waals surface area contributed by atoms with Crippen molar-refractivity contribution in [3.8, 4) is 5.75 Å². The summed E-state index contributed by atoms with van der Waals surface area (Å²) in [7, 11) is 1.88. The molecule has 1 heterocycles. The number of hydrogen-bond donors (Lipinski definition) is 1.